The normalized spacial score (nSPS) is 10.3. The first-order chi connectivity index (χ1) is 9.11. The molecule has 0 saturated heterocycles. The maximum Gasteiger partial charge on any atom is 0.318 e. The standard InChI is InChI=1S/C12H11F2N3O2/c1-18-10-7(3-2-4-8(10)13)6-19-12-16-5-9(14)11(15)17-12/h2-5H,6H2,1H3,(H2,15,16,17). The monoisotopic (exact) mass is 267 g/mol. The molecular formula is C12H11F2N3O2. The Bertz CT molecular complexity index is 593. The Labute approximate surface area is 108 Å². The van der Waals surface area contributed by atoms with Crippen molar-refractivity contribution < 1.29 is 18.3 Å². The van der Waals surface area contributed by atoms with Crippen molar-refractivity contribution in [3.05, 3.63) is 41.6 Å². The molecule has 1 aromatic heterocycles. The molecule has 0 amide bonds. The largest absolute Gasteiger partial charge is 0.493 e. The quantitative estimate of drug-likeness (QED) is 0.916. The number of methoxy groups -OCH3 is 1. The van der Waals surface area contributed by atoms with Crippen molar-refractivity contribution in [3.63, 3.8) is 0 Å². The van der Waals surface area contributed by atoms with Gasteiger partial charge in [-0.25, -0.2) is 13.8 Å². The Morgan fingerprint density at radius 1 is 1.26 bits per heavy atom. The van der Waals surface area contributed by atoms with Crippen molar-refractivity contribution >= 4 is 5.82 Å². The topological polar surface area (TPSA) is 70.3 Å². The van der Waals surface area contributed by atoms with Gasteiger partial charge in [0.25, 0.3) is 0 Å². The van der Waals surface area contributed by atoms with E-state index in [0.717, 1.165) is 6.20 Å². The van der Waals surface area contributed by atoms with Gasteiger partial charge in [-0.05, 0) is 6.07 Å². The van der Waals surface area contributed by atoms with Crippen molar-refractivity contribution in [3.8, 4) is 11.8 Å². The van der Waals surface area contributed by atoms with Crippen molar-refractivity contribution in [1.82, 2.24) is 9.97 Å². The van der Waals surface area contributed by atoms with E-state index < -0.39 is 11.6 Å². The van der Waals surface area contributed by atoms with E-state index in [9.17, 15) is 8.78 Å². The molecule has 100 valence electrons. The number of benzene rings is 1. The number of nitrogens with zero attached hydrogens (tertiary/aromatic N) is 2. The maximum absolute atomic E-state index is 13.4. The molecule has 19 heavy (non-hydrogen) atoms. The number of hydrogen-bond donors (Lipinski definition) is 1. The Kier molecular flexibility index (Phi) is 3.74. The van der Waals surface area contributed by atoms with Gasteiger partial charge in [-0.15, -0.1) is 0 Å². The van der Waals surface area contributed by atoms with Gasteiger partial charge in [-0.2, -0.15) is 4.98 Å². The average Bonchev–Trinajstić information content (AvgIpc) is 2.40. The van der Waals surface area contributed by atoms with Gasteiger partial charge in [0.05, 0.1) is 13.3 Å². The fraction of sp³-hybridized carbons (Fsp3) is 0.167. The van der Waals surface area contributed by atoms with Crippen LogP contribution in [-0.4, -0.2) is 17.1 Å². The summed E-state index contributed by atoms with van der Waals surface area (Å²) in [6.07, 6.45) is 0.903. The van der Waals surface area contributed by atoms with Crippen molar-refractivity contribution in [2.75, 3.05) is 12.8 Å². The van der Waals surface area contributed by atoms with E-state index in [-0.39, 0.29) is 24.2 Å². The van der Waals surface area contributed by atoms with Gasteiger partial charge >= 0.3 is 6.01 Å². The van der Waals surface area contributed by atoms with Gasteiger partial charge in [0.2, 0.25) is 0 Å². The van der Waals surface area contributed by atoms with E-state index in [4.69, 9.17) is 15.2 Å². The van der Waals surface area contributed by atoms with E-state index in [1.807, 2.05) is 0 Å². The Morgan fingerprint density at radius 2 is 2.05 bits per heavy atom. The van der Waals surface area contributed by atoms with Gasteiger partial charge in [0.15, 0.2) is 23.2 Å². The van der Waals surface area contributed by atoms with E-state index in [1.54, 1.807) is 6.07 Å². The molecule has 0 bridgehead atoms. The van der Waals surface area contributed by atoms with Crippen LogP contribution in [0.5, 0.6) is 11.8 Å². The van der Waals surface area contributed by atoms with Crippen LogP contribution in [0.3, 0.4) is 0 Å². The lowest BCUT2D eigenvalue weighted by Gasteiger charge is -2.09. The summed E-state index contributed by atoms with van der Waals surface area (Å²) in [6.45, 7) is -0.0218. The van der Waals surface area contributed by atoms with Crippen molar-refractivity contribution in [2.24, 2.45) is 0 Å². The number of rotatable bonds is 4. The molecule has 0 aliphatic rings. The fourth-order valence-corrected chi connectivity index (χ4v) is 1.47. The van der Waals surface area contributed by atoms with Crippen LogP contribution >= 0.6 is 0 Å². The average molecular weight is 267 g/mol. The summed E-state index contributed by atoms with van der Waals surface area (Å²) < 4.78 is 36.4. The van der Waals surface area contributed by atoms with Crippen LogP contribution in [0.15, 0.2) is 24.4 Å². The second kappa shape index (κ2) is 5.47. The highest BCUT2D eigenvalue weighted by Crippen LogP contribution is 2.23. The minimum atomic E-state index is -0.726. The SMILES string of the molecule is COc1c(F)cccc1COc1ncc(F)c(N)n1. The molecule has 0 aliphatic carbocycles. The summed E-state index contributed by atoms with van der Waals surface area (Å²) in [4.78, 5) is 7.21. The zero-order valence-corrected chi connectivity index (χ0v) is 10.1. The van der Waals surface area contributed by atoms with Crippen LogP contribution in [-0.2, 0) is 6.61 Å². The lowest BCUT2D eigenvalue weighted by atomic mass is 10.2. The fourth-order valence-electron chi connectivity index (χ4n) is 1.47. The highest BCUT2D eigenvalue weighted by Gasteiger charge is 2.10. The first-order valence-corrected chi connectivity index (χ1v) is 5.34. The van der Waals surface area contributed by atoms with Crippen molar-refractivity contribution in [2.45, 2.75) is 6.61 Å². The number of nitrogen functional groups attached to an aromatic ring is 1. The van der Waals surface area contributed by atoms with E-state index in [2.05, 4.69) is 9.97 Å². The van der Waals surface area contributed by atoms with E-state index >= 15 is 0 Å². The molecule has 0 radical (unpaired) electrons. The molecule has 0 aliphatic heterocycles. The minimum Gasteiger partial charge on any atom is -0.493 e. The lowest BCUT2D eigenvalue weighted by Crippen LogP contribution is -2.05. The zero-order chi connectivity index (χ0) is 13.8. The van der Waals surface area contributed by atoms with Crippen LogP contribution in [0.1, 0.15) is 5.56 Å². The van der Waals surface area contributed by atoms with Crippen LogP contribution in [0.25, 0.3) is 0 Å². The van der Waals surface area contributed by atoms with Crippen LogP contribution < -0.4 is 15.2 Å². The molecular weight excluding hydrogens is 256 g/mol. The van der Waals surface area contributed by atoms with E-state index in [1.165, 1.54) is 19.2 Å². The summed E-state index contributed by atoms with van der Waals surface area (Å²) >= 11 is 0. The molecule has 2 N–H and O–H groups in total. The Morgan fingerprint density at radius 3 is 2.74 bits per heavy atom. The smallest absolute Gasteiger partial charge is 0.318 e. The van der Waals surface area contributed by atoms with Crippen LogP contribution in [0.2, 0.25) is 0 Å². The molecule has 0 saturated carbocycles. The molecule has 0 fully saturated rings. The number of halogens is 2. The van der Waals surface area contributed by atoms with Crippen LogP contribution in [0, 0.1) is 11.6 Å². The summed E-state index contributed by atoms with van der Waals surface area (Å²) in [5, 5.41) is 0. The first kappa shape index (κ1) is 13.0. The number of para-hydroxylation sites is 1. The number of ether oxygens (including phenoxy) is 2. The molecule has 7 heteroatoms. The lowest BCUT2D eigenvalue weighted by molar-refractivity contribution is 0.270. The number of aromatic nitrogens is 2. The number of nitrogens with two attached hydrogens (primary N) is 1. The van der Waals surface area contributed by atoms with Gasteiger partial charge < -0.3 is 15.2 Å². The van der Waals surface area contributed by atoms with Crippen LogP contribution in [0.4, 0.5) is 14.6 Å². The van der Waals surface area contributed by atoms with Gasteiger partial charge in [0.1, 0.15) is 6.61 Å². The van der Waals surface area contributed by atoms with Gasteiger partial charge in [0, 0.05) is 5.56 Å². The summed E-state index contributed by atoms with van der Waals surface area (Å²) in [5.74, 6) is -1.45. The predicted molar refractivity (Wildman–Crippen MR) is 63.7 cm³/mol. The third-order valence-electron chi connectivity index (χ3n) is 2.36. The van der Waals surface area contributed by atoms with Gasteiger partial charge in [-0.3, -0.25) is 0 Å². The van der Waals surface area contributed by atoms with Crippen molar-refractivity contribution in [1.29, 1.82) is 0 Å². The molecule has 2 aromatic rings. The molecule has 1 aromatic carbocycles. The summed E-state index contributed by atoms with van der Waals surface area (Å²) in [5.41, 5.74) is 5.76. The highest BCUT2D eigenvalue weighted by atomic mass is 19.1. The highest BCUT2D eigenvalue weighted by molar-refractivity contribution is 5.35. The number of anilines is 1. The molecule has 0 atom stereocenters. The minimum absolute atomic E-state index is 0.0218. The number of hydrogen-bond acceptors (Lipinski definition) is 5. The third-order valence-corrected chi connectivity index (χ3v) is 2.36. The second-order valence-electron chi connectivity index (χ2n) is 3.61. The predicted octanol–water partition coefficient (Wildman–Crippen LogP) is 1.92. The molecule has 5 nitrogen and oxygen atoms in total. The maximum atomic E-state index is 13.4. The Hall–Kier alpha value is -2.44. The first-order valence-electron chi connectivity index (χ1n) is 5.34. The zero-order valence-electron chi connectivity index (χ0n) is 10.1. The van der Waals surface area contributed by atoms with E-state index in [0.29, 0.717) is 5.56 Å². The third kappa shape index (κ3) is 2.87. The molecule has 0 unspecified atom stereocenters. The second-order valence-corrected chi connectivity index (χ2v) is 3.61. The molecule has 0 spiro atoms. The molecule has 1 heterocycles. The summed E-state index contributed by atoms with van der Waals surface area (Å²) in [7, 11) is 1.36. The Balaban J connectivity index is 2.14. The summed E-state index contributed by atoms with van der Waals surface area (Å²) in [6, 6.07) is 4.34. The molecule has 2 rings (SSSR count). The van der Waals surface area contributed by atoms with Gasteiger partial charge in [-0.1, -0.05) is 12.1 Å².